The van der Waals surface area contributed by atoms with E-state index >= 15 is 0 Å². The van der Waals surface area contributed by atoms with Crippen molar-refractivity contribution in [1.82, 2.24) is 9.80 Å². The van der Waals surface area contributed by atoms with Crippen molar-refractivity contribution in [3.05, 3.63) is 29.8 Å². The summed E-state index contributed by atoms with van der Waals surface area (Å²) in [5, 5.41) is 10.7. The Morgan fingerprint density at radius 2 is 2.00 bits per heavy atom. The Kier molecular flexibility index (Phi) is 5.26. The molecule has 23 heavy (non-hydrogen) atoms. The van der Waals surface area contributed by atoms with Gasteiger partial charge in [-0.3, -0.25) is 9.59 Å². The summed E-state index contributed by atoms with van der Waals surface area (Å²) in [6.45, 7) is 2.50. The average Bonchev–Trinajstić information content (AvgIpc) is 2.54. The van der Waals surface area contributed by atoms with Gasteiger partial charge in [0.05, 0.1) is 13.7 Å². The van der Waals surface area contributed by atoms with Crippen LogP contribution in [0.5, 0.6) is 5.75 Å². The minimum absolute atomic E-state index is 0.0636. The van der Waals surface area contributed by atoms with Crippen molar-refractivity contribution in [3.8, 4) is 5.75 Å². The third kappa shape index (κ3) is 4.01. The summed E-state index contributed by atoms with van der Waals surface area (Å²) >= 11 is 0. The van der Waals surface area contributed by atoms with Crippen LogP contribution in [0.25, 0.3) is 0 Å². The number of carbonyl (C=O) groups excluding carboxylic acids is 2. The molecule has 0 saturated carbocycles. The van der Waals surface area contributed by atoms with Crippen molar-refractivity contribution in [2.75, 3.05) is 27.2 Å². The van der Waals surface area contributed by atoms with Gasteiger partial charge in [-0.15, -0.1) is 0 Å². The number of piperidine rings is 1. The Morgan fingerprint density at radius 3 is 2.57 bits per heavy atom. The largest absolute Gasteiger partial charge is 0.497 e. The summed E-state index contributed by atoms with van der Waals surface area (Å²) in [7, 11) is 3.27. The maximum Gasteiger partial charge on any atom is 0.256 e. The lowest BCUT2D eigenvalue weighted by atomic mass is 9.91. The third-order valence-corrected chi connectivity index (χ3v) is 4.24. The van der Waals surface area contributed by atoms with Crippen LogP contribution in [-0.2, 0) is 16.1 Å². The maximum atomic E-state index is 12.6. The number of benzene rings is 1. The number of likely N-dealkylation sites (N-methyl/N-ethyl adjacent to an activating group) is 1. The number of β-amino-alcohol motifs (C(OH)–C–C–N with tert-alkyl or cyclic N) is 1. The lowest BCUT2D eigenvalue weighted by Gasteiger charge is -2.39. The minimum Gasteiger partial charge on any atom is -0.497 e. The molecule has 1 fully saturated rings. The molecule has 1 aliphatic heterocycles. The van der Waals surface area contributed by atoms with E-state index in [1.54, 1.807) is 14.2 Å². The second-order valence-electron chi connectivity index (χ2n) is 6.09. The first-order chi connectivity index (χ1) is 10.9. The number of aliphatic hydroxyl groups is 1. The molecule has 6 heteroatoms. The lowest BCUT2D eigenvalue weighted by molar-refractivity contribution is -0.159. The van der Waals surface area contributed by atoms with Gasteiger partial charge in [0, 0.05) is 27.1 Å². The molecular formula is C17H24N2O4. The normalized spacial score (nSPS) is 21.0. The fourth-order valence-electron chi connectivity index (χ4n) is 2.91. The molecule has 0 aromatic heterocycles. The summed E-state index contributed by atoms with van der Waals surface area (Å²) in [5.74, 6) is 0.290. The van der Waals surface area contributed by atoms with Gasteiger partial charge >= 0.3 is 0 Å². The van der Waals surface area contributed by atoms with Gasteiger partial charge in [0.15, 0.2) is 5.60 Å². The van der Waals surface area contributed by atoms with Gasteiger partial charge in [-0.2, -0.15) is 0 Å². The first kappa shape index (κ1) is 17.3. The predicted octanol–water partition coefficient (Wildman–Crippen LogP) is 1.03. The molecule has 1 heterocycles. The average molecular weight is 320 g/mol. The molecule has 1 aromatic carbocycles. The fourth-order valence-corrected chi connectivity index (χ4v) is 2.91. The zero-order valence-electron chi connectivity index (χ0n) is 13.9. The van der Waals surface area contributed by atoms with Gasteiger partial charge in [0.1, 0.15) is 5.75 Å². The molecule has 2 amide bonds. The van der Waals surface area contributed by atoms with Gasteiger partial charge in [0.25, 0.3) is 5.91 Å². The number of carbonyl (C=O) groups is 2. The molecule has 126 valence electrons. The Balaban J connectivity index is 2.04. The second kappa shape index (κ2) is 7.00. The van der Waals surface area contributed by atoms with Crippen LogP contribution in [0.1, 0.15) is 25.3 Å². The molecule has 6 nitrogen and oxygen atoms in total. The fraction of sp³-hybridized carbons (Fsp3) is 0.529. The van der Waals surface area contributed by atoms with Crippen molar-refractivity contribution >= 4 is 11.8 Å². The van der Waals surface area contributed by atoms with Crippen molar-refractivity contribution < 1.29 is 19.4 Å². The van der Waals surface area contributed by atoms with Crippen molar-refractivity contribution in [1.29, 1.82) is 0 Å². The first-order valence-electron chi connectivity index (χ1n) is 7.72. The van der Waals surface area contributed by atoms with Crippen LogP contribution in [0, 0.1) is 0 Å². The molecule has 1 aromatic rings. The highest BCUT2D eigenvalue weighted by Gasteiger charge is 2.42. The topological polar surface area (TPSA) is 70.1 Å². The van der Waals surface area contributed by atoms with Crippen molar-refractivity contribution in [3.63, 3.8) is 0 Å². The van der Waals surface area contributed by atoms with Crippen LogP contribution in [0.4, 0.5) is 0 Å². The van der Waals surface area contributed by atoms with Crippen LogP contribution in [0.2, 0.25) is 0 Å². The number of ether oxygens (including phenoxy) is 1. The monoisotopic (exact) mass is 320 g/mol. The Bertz CT molecular complexity index is 572. The van der Waals surface area contributed by atoms with E-state index in [1.807, 2.05) is 24.3 Å². The molecule has 1 atom stereocenters. The van der Waals surface area contributed by atoms with Crippen LogP contribution in [-0.4, -0.2) is 59.6 Å². The maximum absolute atomic E-state index is 12.6. The summed E-state index contributed by atoms with van der Waals surface area (Å²) < 4.78 is 5.11. The highest BCUT2D eigenvalue weighted by Crippen LogP contribution is 2.24. The number of rotatable bonds is 4. The summed E-state index contributed by atoms with van der Waals surface area (Å²) in [4.78, 5) is 27.2. The van der Waals surface area contributed by atoms with E-state index in [2.05, 4.69) is 0 Å². The van der Waals surface area contributed by atoms with Gasteiger partial charge in [-0.25, -0.2) is 0 Å². The van der Waals surface area contributed by atoms with Crippen LogP contribution in [0.15, 0.2) is 24.3 Å². The van der Waals surface area contributed by atoms with E-state index in [9.17, 15) is 14.7 Å². The zero-order valence-corrected chi connectivity index (χ0v) is 13.9. The molecule has 1 N–H and O–H groups in total. The van der Waals surface area contributed by atoms with Crippen molar-refractivity contribution in [2.45, 2.75) is 31.9 Å². The summed E-state index contributed by atoms with van der Waals surface area (Å²) in [5.41, 5.74) is -0.546. The van der Waals surface area contributed by atoms with E-state index < -0.39 is 5.60 Å². The Hall–Kier alpha value is -2.08. The van der Waals surface area contributed by atoms with Gasteiger partial charge in [-0.1, -0.05) is 12.1 Å². The van der Waals surface area contributed by atoms with Crippen LogP contribution >= 0.6 is 0 Å². The summed E-state index contributed by atoms with van der Waals surface area (Å²) in [6, 6.07) is 7.44. The number of methoxy groups -OCH3 is 1. The Morgan fingerprint density at radius 1 is 1.35 bits per heavy atom. The molecule has 1 saturated heterocycles. The van der Waals surface area contributed by atoms with Crippen LogP contribution < -0.4 is 4.74 Å². The zero-order chi connectivity index (χ0) is 17.0. The minimum atomic E-state index is -1.49. The number of hydrogen-bond acceptors (Lipinski definition) is 4. The quantitative estimate of drug-likeness (QED) is 0.899. The molecule has 1 aliphatic rings. The molecular weight excluding hydrogens is 296 g/mol. The van der Waals surface area contributed by atoms with Gasteiger partial charge in [0.2, 0.25) is 5.91 Å². The third-order valence-electron chi connectivity index (χ3n) is 4.24. The van der Waals surface area contributed by atoms with Gasteiger partial charge in [-0.05, 0) is 30.5 Å². The molecule has 0 bridgehead atoms. The second-order valence-corrected chi connectivity index (χ2v) is 6.09. The van der Waals surface area contributed by atoms with E-state index in [1.165, 1.54) is 16.7 Å². The van der Waals surface area contributed by atoms with Crippen molar-refractivity contribution in [2.24, 2.45) is 0 Å². The van der Waals surface area contributed by atoms with E-state index in [0.29, 0.717) is 25.9 Å². The van der Waals surface area contributed by atoms with Gasteiger partial charge < -0.3 is 19.6 Å². The molecule has 0 aliphatic carbocycles. The highest BCUT2D eigenvalue weighted by atomic mass is 16.5. The number of amides is 2. The number of hydrogen-bond donors (Lipinski definition) is 1. The number of nitrogens with zero attached hydrogens (tertiary/aromatic N) is 2. The predicted molar refractivity (Wildman–Crippen MR) is 85.9 cm³/mol. The molecule has 0 spiro atoms. The number of likely N-dealkylation sites (tertiary alicyclic amines) is 1. The standard InChI is InChI=1S/C17H24N2O4/c1-13(20)19-10-4-9-17(22,12-19)16(21)18(2)11-14-5-7-15(23-3)8-6-14/h5-8,22H,4,9-12H2,1-3H3. The van der Waals surface area contributed by atoms with E-state index in [4.69, 9.17) is 4.74 Å². The van der Waals surface area contributed by atoms with E-state index in [-0.39, 0.29) is 18.4 Å². The molecule has 2 rings (SSSR count). The Labute approximate surface area is 136 Å². The SMILES string of the molecule is COc1ccc(CN(C)C(=O)C2(O)CCCN(C(C)=O)C2)cc1. The molecule has 0 radical (unpaired) electrons. The highest BCUT2D eigenvalue weighted by molar-refractivity contribution is 5.86. The smallest absolute Gasteiger partial charge is 0.256 e. The van der Waals surface area contributed by atoms with E-state index in [0.717, 1.165) is 11.3 Å². The summed E-state index contributed by atoms with van der Waals surface area (Å²) in [6.07, 6.45) is 1.00. The van der Waals surface area contributed by atoms with Crippen LogP contribution in [0.3, 0.4) is 0 Å². The first-order valence-corrected chi connectivity index (χ1v) is 7.72. The lowest BCUT2D eigenvalue weighted by Crippen LogP contribution is -2.58. The molecule has 1 unspecified atom stereocenters.